The number of morpholine rings is 1. The highest BCUT2D eigenvalue weighted by molar-refractivity contribution is 5.93. The zero-order valence-electron chi connectivity index (χ0n) is 18.8. The van der Waals surface area contributed by atoms with Crippen molar-refractivity contribution in [3.05, 3.63) is 75.1 Å². The summed E-state index contributed by atoms with van der Waals surface area (Å²) in [6.45, 7) is 17.5. The lowest BCUT2D eigenvalue weighted by Gasteiger charge is -2.46. The Labute approximate surface area is 189 Å². The number of fused-ring (bicyclic) bond motifs is 2. The van der Waals surface area contributed by atoms with Crippen molar-refractivity contribution in [1.82, 2.24) is 9.80 Å². The fraction of sp³-hybridized carbons (Fsp3) is 0.462. The molecule has 6 nitrogen and oxygen atoms in total. The van der Waals surface area contributed by atoms with E-state index < -0.39 is 0 Å². The number of piperazine rings is 1. The molecule has 0 unspecified atom stereocenters. The average molecular weight is 432 g/mol. The molecule has 0 aliphatic carbocycles. The third-order valence-corrected chi connectivity index (χ3v) is 7.27. The monoisotopic (exact) mass is 431 g/mol. The van der Waals surface area contributed by atoms with Gasteiger partial charge in [-0.2, -0.15) is 0 Å². The lowest BCUT2D eigenvalue weighted by molar-refractivity contribution is -0.0901. The van der Waals surface area contributed by atoms with Crippen molar-refractivity contribution in [2.24, 2.45) is 0 Å². The largest absolute Gasteiger partial charge is 0.457 e. The molecule has 2 atom stereocenters. The Kier molecular flexibility index (Phi) is 5.73. The number of rotatable bonds is 4. The molecule has 0 saturated carbocycles. The third-order valence-electron chi connectivity index (χ3n) is 7.27. The molecule has 0 amide bonds. The van der Waals surface area contributed by atoms with Crippen molar-refractivity contribution in [1.29, 1.82) is 0 Å². The first-order valence-corrected chi connectivity index (χ1v) is 11.4. The first kappa shape index (κ1) is 21.1. The van der Waals surface area contributed by atoms with Crippen molar-refractivity contribution in [2.75, 3.05) is 39.3 Å². The first-order chi connectivity index (χ1) is 15.5. The maximum Gasteiger partial charge on any atom is 0.338 e. The summed E-state index contributed by atoms with van der Waals surface area (Å²) in [5, 5.41) is 0. The molecule has 6 heteroatoms. The molecule has 0 spiro atoms. The van der Waals surface area contributed by atoms with E-state index in [1.165, 1.54) is 16.7 Å². The van der Waals surface area contributed by atoms with Gasteiger partial charge in [0.15, 0.2) is 5.69 Å². The molecule has 0 N–H and O–H groups in total. The molecule has 0 radical (unpaired) electrons. The number of ether oxygens (including phenoxy) is 2. The van der Waals surface area contributed by atoms with Crippen LogP contribution in [0.1, 0.15) is 44.3 Å². The zero-order chi connectivity index (χ0) is 22.2. The van der Waals surface area contributed by atoms with E-state index in [0.717, 1.165) is 62.4 Å². The summed E-state index contributed by atoms with van der Waals surface area (Å²) in [5.74, 6) is -0.195. The van der Waals surface area contributed by atoms with Gasteiger partial charge in [0.25, 0.3) is 0 Å². The van der Waals surface area contributed by atoms with Crippen molar-refractivity contribution in [2.45, 2.75) is 39.0 Å². The number of hydrogen-bond donors (Lipinski definition) is 0. The van der Waals surface area contributed by atoms with Gasteiger partial charge in [-0.25, -0.2) is 9.64 Å². The molecule has 2 saturated heterocycles. The van der Waals surface area contributed by atoms with Gasteiger partial charge in [0.05, 0.1) is 24.8 Å². The number of esters is 1. The smallest absolute Gasteiger partial charge is 0.338 e. The Morgan fingerprint density at radius 3 is 2.84 bits per heavy atom. The Bertz CT molecular complexity index is 1090. The Balaban J connectivity index is 1.17. The second-order valence-electron chi connectivity index (χ2n) is 9.13. The fourth-order valence-electron chi connectivity index (χ4n) is 5.21. The Hall–Kier alpha value is -2.72. The molecule has 2 aromatic rings. The number of cyclic esters (lactones) is 1. The molecule has 0 bridgehead atoms. The van der Waals surface area contributed by atoms with Crippen molar-refractivity contribution < 1.29 is 14.3 Å². The Morgan fingerprint density at radius 2 is 2.03 bits per heavy atom. The molecule has 32 heavy (non-hydrogen) atoms. The van der Waals surface area contributed by atoms with Gasteiger partial charge in [0.1, 0.15) is 6.61 Å². The van der Waals surface area contributed by atoms with Gasteiger partial charge in [-0.1, -0.05) is 24.3 Å². The van der Waals surface area contributed by atoms with E-state index in [9.17, 15) is 4.79 Å². The molecule has 2 fully saturated rings. The summed E-state index contributed by atoms with van der Waals surface area (Å²) in [7, 11) is 0. The van der Waals surface area contributed by atoms with Gasteiger partial charge in [-0.3, -0.25) is 4.90 Å². The molecule has 2 aromatic carbocycles. The molecular formula is C26H29N3O3. The molecule has 3 aliphatic rings. The van der Waals surface area contributed by atoms with Gasteiger partial charge in [0.2, 0.25) is 0 Å². The lowest BCUT2D eigenvalue weighted by atomic mass is 9.96. The number of carbonyl (C=O) groups is 1. The summed E-state index contributed by atoms with van der Waals surface area (Å²) in [5.41, 5.74) is 7.21. The van der Waals surface area contributed by atoms with Crippen LogP contribution in [0, 0.1) is 20.4 Å². The fourth-order valence-corrected chi connectivity index (χ4v) is 5.21. The maximum atomic E-state index is 11.8. The molecular weight excluding hydrogens is 402 g/mol. The van der Waals surface area contributed by atoms with Gasteiger partial charge in [0, 0.05) is 44.3 Å². The summed E-state index contributed by atoms with van der Waals surface area (Å²) >= 11 is 0. The summed E-state index contributed by atoms with van der Waals surface area (Å²) in [4.78, 5) is 20.4. The van der Waals surface area contributed by atoms with E-state index in [1.807, 2.05) is 25.1 Å². The van der Waals surface area contributed by atoms with Crippen LogP contribution in [-0.2, 0) is 22.5 Å². The van der Waals surface area contributed by atoms with Crippen LogP contribution in [0.5, 0.6) is 0 Å². The molecule has 5 rings (SSSR count). The highest BCUT2D eigenvalue weighted by Crippen LogP contribution is 2.30. The number of benzene rings is 2. The van der Waals surface area contributed by atoms with Gasteiger partial charge < -0.3 is 14.4 Å². The van der Waals surface area contributed by atoms with Crippen LogP contribution in [0.4, 0.5) is 5.69 Å². The van der Waals surface area contributed by atoms with Crippen LogP contribution in [0.15, 0.2) is 30.3 Å². The van der Waals surface area contributed by atoms with Crippen LogP contribution in [-0.4, -0.2) is 61.1 Å². The van der Waals surface area contributed by atoms with Crippen LogP contribution >= 0.6 is 0 Å². The topological polar surface area (TPSA) is 46.4 Å². The minimum atomic E-state index is -0.195. The van der Waals surface area contributed by atoms with Crippen LogP contribution in [0.2, 0.25) is 0 Å². The highest BCUT2D eigenvalue weighted by Gasteiger charge is 2.34. The average Bonchev–Trinajstić information content (AvgIpc) is 3.19. The van der Waals surface area contributed by atoms with Crippen molar-refractivity contribution in [3.63, 3.8) is 0 Å². The van der Waals surface area contributed by atoms with E-state index in [4.69, 9.17) is 16.0 Å². The SMILES string of the molecule is [C-]#[N+]c1ccc([C@@H]2CN3CCN(CCc4ccc5c(c4C)COC5=O)C[C@H]3CO2)cc1C. The highest BCUT2D eigenvalue weighted by atomic mass is 16.5. The van der Waals surface area contributed by atoms with Crippen LogP contribution in [0.3, 0.4) is 0 Å². The van der Waals surface area contributed by atoms with E-state index >= 15 is 0 Å². The van der Waals surface area contributed by atoms with E-state index in [1.54, 1.807) is 0 Å². The minimum absolute atomic E-state index is 0.0790. The van der Waals surface area contributed by atoms with E-state index in [0.29, 0.717) is 18.3 Å². The predicted octanol–water partition coefficient (Wildman–Crippen LogP) is 3.82. The first-order valence-electron chi connectivity index (χ1n) is 11.4. The number of nitrogens with zero attached hydrogens (tertiary/aromatic N) is 3. The molecule has 3 aliphatic heterocycles. The number of hydrogen-bond acceptors (Lipinski definition) is 5. The predicted molar refractivity (Wildman–Crippen MR) is 122 cm³/mol. The molecule has 0 aromatic heterocycles. The van der Waals surface area contributed by atoms with Crippen molar-refractivity contribution in [3.8, 4) is 0 Å². The normalized spacial score (nSPS) is 23.3. The van der Waals surface area contributed by atoms with E-state index in [-0.39, 0.29) is 12.1 Å². The summed E-state index contributed by atoms with van der Waals surface area (Å²) in [6, 6.07) is 10.5. The van der Waals surface area contributed by atoms with Crippen LogP contribution in [0.25, 0.3) is 4.85 Å². The second kappa shape index (κ2) is 8.67. The molecule has 166 valence electrons. The van der Waals surface area contributed by atoms with Gasteiger partial charge >= 0.3 is 5.97 Å². The van der Waals surface area contributed by atoms with E-state index in [2.05, 4.69) is 33.7 Å². The Morgan fingerprint density at radius 1 is 1.16 bits per heavy atom. The number of aryl methyl sites for hydroxylation is 1. The second-order valence-corrected chi connectivity index (χ2v) is 9.13. The summed E-state index contributed by atoms with van der Waals surface area (Å²) < 4.78 is 11.5. The quantitative estimate of drug-likeness (QED) is 0.544. The third kappa shape index (κ3) is 3.93. The van der Waals surface area contributed by atoms with Gasteiger partial charge in [-0.15, -0.1) is 0 Å². The number of carbonyl (C=O) groups excluding carboxylic acids is 1. The minimum Gasteiger partial charge on any atom is -0.457 e. The lowest BCUT2D eigenvalue weighted by Crippen LogP contribution is -2.58. The van der Waals surface area contributed by atoms with Gasteiger partial charge in [-0.05, 0) is 48.6 Å². The van der Waals surface area contributed by atoms with Crippen LogP contribution < -0.4 is 0 Å². The van der Waals surface area contributed by atoms with Crippen molar-refractivity contribution >= 4 is 11.7 Å². The summed E-state index contributed by atoms with van der Waals surface area (Å²) in [6.07, 6.45) is 1.06. The zero-order valence-corrected chi connectivity index (χ0v) is 18.8. The standard InChI is InChI=1S/C26H29N3O3/c1-17-12-20(5-7-24(17)27-3)25-14-29-11-10-28(13-21(29)15-31-25)9-8-19-4-6-22-23(18(19)2)16-32-26(22)30/h4-7,12,21,25H,8-11,13-16H2,1-2H3/t21-,25-/m0/s1. The molecule has 3 heterocycles. The maximum absolute atomic E-state index is 11.8.